The highest BCUT2D eigenvalue weighted by molar-refractivity contribution is 5.44. The van der Waals surface area contributed by atoms with E-state index in [1.165, 1.54) is 0 Å². The maximum absolute atomic E-state index is 9.75. The van der Waals surface area contributed by atoms with Gasteiger partial charge in [0.15, 0.2) is 11.5 Å². The number of hydrogen-bond acceptors (Lipinski definition) is 4. The van der Waals surface area contributed by atoms with Gasteiger partial charge in [-0.05, 0) is 41.9 Å². The van der Waals surface area contributed by atoms with E-state index in [0.29, 0.717) is 31.5 Å². The van der Waals surface area contributed by atoms with Gasteiger partial charge in [-0.3, -0.25) is 0 Å². The molecule has 0 aliphatic rings. The summed E-state index contributed by atoms with van der Waals surface area (Å²) < 4.78 is 11.8. The van der Waals surface area contributed by atoms with Gasteiger partial charge in [0.2, 0.25) is 0 Å². The number of hydrogen-bond donors (Lipinski definition) is 2. The molecular weight excluding hydrogens is 290 g/mol. The zero-order valence-corrected chi connectivity index (χ0v) is 15.2. The first-order chi connectivity index (χ1) is 10.8. The molecule has 3 N–H and O–H groups in total. The third-order valence-corrected chi connectivity index (χ3v) is 3.58. The van der Waals surface area contributed by atoms with E-state index in [-0.39, 0.29) is 12.5 Å². The molecule has 2 unspecified atom stereocenters. The average molecular weight is 323 g/mol. The summed E-state index contributed by atoms with van der Waals surface area (Å²) in [6.45, 7) is 12.2. The first kappa shape index (κ1) is 19.8. The average Bonchev–Trinajstić information content (AvgIpc) is 2.50. The molecule has 1 aromatic carbocycles. The molecular formula is C19H33NO3. The van der Waals surface area contributed by atoms with E-state index >= 15 is 0 Å². The van der Waals surface area contributed by atoms with Crippen LogP contribution < -0.4 is 15.2 Å². The minimum Gasteiger partial charge on any atom is -0.489 e. The van der Waals surface area contributed by atoms with Gasteiger partial charge in [0.05, 0.1) is 19.3 Å². The fourth-order valence-corrected chi connectivity index (χ4v) is 2.22. The van der Waals surface area contributed by atoms with E-state index in [1.807, 2.05) is 18.2 Å². The van der Waals surface area contributed by atoms with E-state index in [4.69, 9.17) is 15.2 Å². The molecule has 4 heteroatoms. The molecule has 23 heavy (non-hydrogen) atoms. The first-order valence-electron chi connectivity index (χ1n) is 8.61. The minimum absolute atomic E-state index is 0.217. The second kappa shape index (κ2) is 9.78. The van der Waals surface area contributed by atoms with Crippen LogP contribution in [0.25, 0.3) is 0 Å². The Balaban J connectivity index is 2.90. The van der Waals surface area contributed by atoms with Crippen molar-refractivity contribution in [3.05, 3.63) is 23.8 Å². The van der Waals surface area contributed by atoms with Crippen LogP contribution in [0.4, 0.5) is 0 Å². The SMILES string of the molecule is CC(C)COc1ccc(C(C)CC(O)CN)cc1OCC(C)C. The lowest BCUT2D eigenvalue weighted by molar-refractivity contribution is 0.165. The molecule has 0 fully saturated rings. The van der Waals surface area contributed by atoms with Crippen LogP contribution in [0.15, 0.2) is 18.2 Å². The molecule has 0 spiro atoms. The summed E-state index contributed by atoms with van der Waals surface area (Å²) in [6, 6.07) is 6.05. The Morgan fingerprint density at radius 3 is 2.04 bits per heavy atom. The molecule has 4 nitrogen and oxygen atoms in total. The highest BCUT2D eigenvalue weighted by Gasteiger charge is 2.15. The molecule has 132 valence electrons. The third-order valence-electron chi connectivity index (χ3n) is 3.58. The molecule has 0 aliphatic heterocycles. The van der Waals surface area contributed by atoms with Gasteiger partial charge in [-0.1, -0.05) is 40.7 Å². The predicted octanol–water partition coefficient (Wildman–Crippen LogP) is 3.57. The molecule has 0 radical (unpaired) electrons. The van der Waals surface area contributed by atoms with Gasteiger partial charge in [-0.15, -0.1) is 0 Å². The van der Waals surface area contributed by atoms with Gasteiger partial charge >= 0.3 is 0 Å². The van der Waals surface area contributed by atoms with E-state index < -0.39 is 6.10 Å². The van der Waals surface area contributed by atoms with Gasteiger partial charge < -0.3 is 20.3 Å². The molecule has 0 aromatic heterocycles. The van der Waals surface area contributed by atoms with Crippen LogP contribution >= 0.6 is 0 Å². The van der Waals surface area contributed by atoms with Crippen LogP contribution in [0.5, 0.6) is 11.5 Å². The summed E-state index contributed by atoms with van der Waals surface area (Å²) >= 11 is 0. The second-order valence-corrected chi connectivity index (χ2v) is 7.14. The van der Waals surface area contributed by atoms with Crippen molar-refractivity contribution in [3.8, 4) is 11.5 Å². The molecule has 0 amide bonds. The van der Waals surface area contributed by atoms with Crippen molar-refractivity contribution in [2.24, 2.45) is 17.6 Å². The lowest BCUT2D eigenvalue weighted by atomic mass is 9.94. The second-order valence-electron chi connectivity index (χ2n) is 7.14. The summed E-state index contributed by atoms with van der Waals surface area (Å²) in [6.07, 6.45) is 0.175. The largest absolute Gasteiger partial charge is 0.489 e. The molecule has 1 rings (SSSR count). The Hall–Kier alpha value is -1.26. The Morgan fingerprint density at radius 1 is 0.957 bits per heavy atom. The van der Waals surface area contributed by atoms with Crippen molar-refractivity contribution < 1.29 is 14.6 Å². The van der Waals surface area contributed by atoms with Crippen LogP contribution in [-0.4, -0.2) is 31.0 Å². The van der Waals surface area contributed by atoms with Crippen molar-refractivity contribution in [1.29, 1.82) is 0 Å². The highest BCUT2D eigenvalue weighted by Crippen LogP contribution is 2.33. The monoisotopic (exact) mass is 323 g/mol. The molecule has 0 heterocycles. The van der Waals surface area contributed by atoms with Gasteiger partial charge in [-0.2, -0.15) is 0 Å². The minimum atomic E-state index is -0.470. The zero-order chi connectivity index (χ0) is 17.4. The molecule has 1 aromatic rings. The Labute approximate surface area is 141 Å². The van der Waals surface area contributed by atoms with Gasteiger partial charge in [-0.25, -0.2) is 0 Å². The van der Waals surface area contributed by atoms with Gasteiger partial charge in [0.1, 0.15) is 0 Å². The normalized spacial score (nSPS) is 14.1. The van der Waals surface area contributed by atoms with Crippen LogP contribution in [0.2, 0.25) is 0 Å². The van der Waals surface area contributed by atoms with E-state index in [0.717, 1.165) is 17.1 Å². The topological polar surface area (TPSA) is 64.7 Å². The number of ether oxygens (including phenoxy) is 2. The maximum atomic E-state index is 9.75. The quantitative estimate of drug-likeness (QED) is 0.691. The molecule has 0 aliphatic carbocycles. The first-order valence-corrected chi connectivity index (χ1v) is 8.61. The summed E-state index contributed by atoms with van der Waals surface area (Å²) in [4.78, 5) is 0. The van der Waals surface area contributed by atoms with E-state index in [9.17, 15) is 5.11 Å². The van der Waals surface area contributed by atoms with Crippen molar-refractivity contribution in [2.45, 2.75) is 53.1 Å². The Bertz CT molecular complexity index is 460. The number of aliphatic hydroxyl groups excluding tert-OH is 1. The smallest absolute Gasteiger partial charge is 0.161 e. The van der Waals surface area contributed by atoms with Crippen LogP contribution in [-0.2, 0) is 0 Å². The number of rotatable bonds is 10. The number of nitrogens with two attached hydrogens (primary N) is 1. The van der Waals surface area contributed by atoms with Crippen molar-refractivity contribution in [1.82, 2.24) is 0 Å². The molecule has 0 saturated heterocycles. The van der Waals surface area contributed by atoms with Crippen molar-refractivity contribution in [3.63, 3.8) is 0 Å². The fraction of sp³-hybridized carbons (Fsp3) is 0.684. The molecule has 2 atom stereocenters. The summed E-state index contributed by atoms with van der Waals surface area (Å²) in [5.41, 5.74) is 6.64. The Kier molecular flexibility index (Phi) is 8.42. The summed E-state index contributed by atoms with van der Waals surface area (Å²) in [5.74, 6) is 2.70. The summed E-state index contributed by atoms with van der Waals surface area (Å²) in [7, 11) is 0. The van der Waals surface area contributed by atoms with E-state index in [2.05, 4.69) is 34.6 Å². The molecule has 0 saturated carbocycles. The van der Waals surface area contributed by atoms with Crippen LogP contribution in [0.3, 0.4) is 0 Å². The number of benzene rings is 1. The predicted molar refractivity (Wildman–Crippen MR) is 95.2 cm³/mol. The summed E-state index contributed by atoms with van der Waals surface area (Å²) in [5, 5.41) is 9.75. The standard InChI is InChI=1S/C19H33NO3/c1-13(2)11-22-18-7-6-16(15(5)8-17(21)10-20)9-19(18)23-12-14(3)4/h6-7,9,13-15,17,21H,8,10-12,20H2,1-5H3. The molecule has 0 bridgehead atoms. The van der Waals surface area contributed by atoms with Crippen molar-refractivity contribution in [2.75, 3.05) is 19.8 Å². The maximum Gasteiger partial charge on any atom is 0.161 e. The lowest BCUT2D eigenvalue weighted by Gasteiger charge is -2.19. The van der Waals surface area contributed by atoms with E-state index in [1.54, 1.807) is 0 Å². The zero-order valence-electron chi connectivity index (χ0n) is 15.2. The lowest BCUT2D eigenvalue weighted by Crippen LogP contribution is -2.21. The Morgan fingerprint density at radius 2 is 1.52 bits per heavy atom. The fourth-order valence-electron chi connectivity index (χ4n) is 2.22. The van der Waals surface area contributed by atoms with Crippen LogP contribution in [0.1, 0.15) is 52.5 Å². The van der Waals surface area contributed by atoms with Gasteiger partial charge in [0.25, 0.3) is 0 Å². The van der Waals surface area contributed by atoms with Crippen LogP contribution in [0, 0.1) is 11.8 Å². The third kappa shape index (κ3) is 7.23. The highest BCUT2D eigenvalue weighted by atomic mass is 16.5. The van der Waals surface area contributed by atoms with Gasteiger partial charge in [0, 0.05) is 6.54 Å². The van der Waals surface area contributed by atoms with Crippen molar-refractivity contribution >= 4 is 0 Å². The number of aliphatic hydroxyl groups is 1.